The Hall–Kier alpha value is -0.160. The van der Waals surface area contributed by atoms with E-state index in [2.05, 4.69) is 13.8 Å². The summed E-state index contributed by atoms with van der Waals surface area (Å²) in [4.78, 5) is 20.7. The van der Waals surface area contributed by atoms with Crippen LogP contribution in [0.5, 0.6) is 0 Å². The lowest BCUT2D eigenvalue weighted by molar-refractivity contribution is -0.591. The van der Waals surface area contributed by atoms with Gasteiger partial charge in [-0.1, -0.05) is 20.8 Å². The molecule has 0 unspecified atom stereocenters. The third-order valence-corrected chi connectivity index (χ3v) is 2.49. The molecule has 2 heterocycles. The van der Waals surface area contributed by atoms with Crippen LogP contribution in [0.2, 0.25) is 0 Å². The molecule has 0 atom stereocenters. The number of hydrogen-bond acceptors (Lipinski definition) is 4. The first kappa shape index (κ1) is 9.40. The zero-order valence-corrected chi connectivity index (χ0v) is 8.33. The Bertz CT molecular complexity index is 194. The van der Waals surface area contributed by atoms with Crippen molar-refractivity contribution in [2.45, 2.75) is 51.6 Å². The molecule has 2 aliphatic heterocycles. The van der Waals surface area contributed by atoms with E-state index in [-0.39, 0.29) is 0 Å². The maximum atomic E-state index is 5.20. The monoisotopic (exact) mass is 188 g/mol. The molecule has 0 aromatic heterocycles. The van der Waals surface area contributed by atoms with Crippen LogP contribution in [0.1, 0.15) is 40.0 Å². The molecule has 0 aliphatic carbocycles. The molecular weight excluding hydrogens is 172 g/mol. The van der Waals surface area contributed by atoms with Crippen LogP contribution in [0, 0.1) is 5.92 Å². The van der Waals surface area contributed by atoms with Crippen molar-refractivity contribution in [3.8, 4) is 0 Å². The third kappa shape index (κ3) is 1.48. The van der Waals surface area contributed by atoms with E-state index < -0.39 is 11.6 Å². The second-order valence-corrected chi connectivity index (χ2v) is 4.28. The summed E-state index contributed by atoms with van der Waals surface area (Å²) < 4.78 is 0. The van der Waals surface area contributed by atoms with Crippen molar-refractivity contribution in [3.05, 3.63) is 0 Å². The summed E-state index contributed by atoms with van der Waals surface area (Å²) in [5, 5.41) is 0. The average molecular weight is 188 g/mol. The molecule has 0 saturated carbocycles. The first-order chi connectivity index (χ1) is 6.10. The Morgan fingerprint density at radius 1 is 1.08 bits per heavy atom. The van der Waals surface area contributed by atoms with Gasteiger partial charge in [0.15, 0.2) is 0 Å². The highest BCUT2D eigenvalue weighted by Crippen LogP contribution is 2.49. The number of hydrogen-bond donors (Lipinski definition) is 0. The highest BCUT2D eigenvalue weighted by Gasteiger charge is 2.61. The van der Waals surface area contributed by atoms with Crippen molar-refractivity contribution in [2.24, 2.45) is 5.92 Å². The molecule has 2 saturated heterocycles. The molecule has 13 heavy (non-hydrogen) atoms. The topological polar surface area (TPSA) is 36.9 Å². The summed E-state index contributed by atoms with van der Waals surface area (Å²) in [5.74, 6) is -0.794. The number of rotatable bonds is 3. The average Bonchev–Trinajstić information content (AvgIpc) is 2.59. The summed E-state index contributed by atoms with van der Waals surface area (Å²) in [7, 11) is 0. The molecule has 0 N–H and O–H groups in total. The molecule has 2 rings (SSSR count). The Kier molecular flexibility index (Phi) is 2.11. The van der Waals surface area contributed by atoms with Gasteiger partial charge in [0.1, 0.15) is 0 Å². The Morgan fingerprint density at radius 3 is 2.00 bits per heavy atom. The highest BCUT2D eigenvalue weighted by atomic mass is 17.4. The quantitative estimate of drug-likeness (QED) is 0.636. The molecule has 0 spiro atoms. The second kappa shape index (κ2) is 2.92. The van der Waals surface area contributed by atoms with Crippen molar-refractivity contribution < 1.29 is 19.6 Å². The zero-order chi connectivity index (χ0) is 9.53. The Labute approximate surface area is 78.0 Å². The maximum Gasteiger partial charge on any atom is 0.239 e. The summed E-state index contributed by atoms with van der Waals surface area (Å²) in [5.41, 5.74) is 0. The van der Waals surface area contributed by atoms with Crippen LogP contribution in [0.15, 0.2) is 0 Å². The van der Waals surface area contributed by atoms with E-state index in [1.54, 1.807) is 0 Å². The van der Waals surface area contributed by atoms with Crippen molar-refractivity contribution in [3.63, 3.8) is 0 Å². The summed E-state index contributed by atoms with van der Waals surface area (Å²) in [6.45, 7) is 6.22. The van der Waals surface area contributed by atoms with Crippen molar-refractivity contribution in [1.29, 1.82) is 0 Å². The van der Waals surface area contributed by atoms with Gasteiger partial charge in [0.2, 0.25) is 11.6 Å². The van der Waals surface area contributed by atoms with Crippen LogP contribution in [0.3, 0.4) is 0 Å². The minimum absolute atomic E-state index is 0.498. The minimum Gasteiger partial charge on any atom is -0.195 e. The largest absolute Gasteiger partial charge is 0.239 e. The van der Waals surface area contributed by atoms with E-state index in [0.29, 0.717) is 12.3 Å². The fourth-order valence-corrected chi connectivity index (χ4v) is 1.86. The molecule has 0 amide bonds. The van der Waals surface area contributed by atoms with Gasteiger partial charge in [-0.25, -0.2) is 0 Å². The SMILES string of the molecule is CCC12CC(CC(C)C)(OO1)OO2. The lowest BCUT2D eigenvalue weighted by Gasteiger charge is -2.26. The van der Waals surface area contributed by atoms with E-state index in [4.69, 9.17) is 19.6 Å². The molecule has 2 bridgehead atoms. The van der Waals surface area contributed by atoms with Crippen LogP contribution in [0.25, 0.3) is 0 Å². The van der Waals surface area contributed by atoms with Crippen molar-refractivity contribution in [1.82, 2.24) is 0 Å². The van der Waals surface area contributed by atoms with Gasteiger partial charge in [-0.2, -0.15) is 19.6 Å². The standard InChI is InChI=1S/C9H16O4/c1-4-8-6-9(12-10-8,13-11-8)5-7(2)3/h7H,4-6H2,1-3H3. The first-order valence-corrected chi connectivity index (χ1v) is 4.83. The summed E-state index contributed by atoms with van der Waals surface area (Å²) >= 11 is 0. The molecular formula is C9H16O4. The smallest absolute Gasteiger partial charge is 0.195 e. The molecule has 4 heteroatoms. The van der Waals surface area contributed by atoms with Gasteiger partial charge in [-0.3, -0.25) is 0 Å². The molecule has 0 radical (unpaired) electrons. The van der Waals surface area contributed by atoms with Gasteiger partial charge in [0.25, 0.3) is 0 Å². The van der Waals surface area contributed by atoms with E-state index in [1.165, 1.54) is 0 Å². The van der Waals surface area contributed by atoms with Crippen molar-refractivity contribution in [2.75, 3.05) is 0 Å². The van der Waals surface area contributed by atoms with E-state index in [9.17, 15) is 0 Å². The molecule has 0 aromatic rings. The highest BCUT2D eigenvalue weighted by molar-refractivity contribution is 4.86. The molecule has 2 aliphatic rings. The lowest BCUT2D eigenvalue weighted by atomic mass is 9.96. The van der Waals surface area contributed by atoms with Gasteiger partial charge < -0.3 is 0 Å². The zero-order valence-electron chi connectivity index (χ0n) is 8.33. The predicted octanol–water partition coefficient (Wildman–Crippen LogP) is 2.15. The fourth-order valence-electron chi connectivity index (χ4n) is 1.86. The Balaban J connectivity index is 2.05. The van der Waals surface area contributed by atoms with Gasteiger partial charge in [0.05, 0.1) is 6.42 Å². The van der Waals surface area contributed by atoms with Crippen LogP contribution < -0.4 is 0 Å². The van der Waals surface area contributed by atoms with E-state index in [0.717, 1.165) is 12.8 Å². The van der Waals surface area contributed by atoms with Gasteiger partial charge >= 0.3 is 0 Å². The van der Waals surface area contributed by atoms with Crippen LogP contribution in [-0.4, -0.2) is 11.6 Å². The molecule has 0 aromatic carbocycles. The van der Waals surface area contributed by atoms with Gasteiger partial charge in [-0.05, 0) is 5.92 Å². The third-order valence-electron chi connectivity index (χ3n) is 2.49. The second-order valence-electron chi connectivity index (χ2n) is 4.28. The van der Waals surface area contributed by atoms with E-state index >= 15 is 0 Å². The van der Waals surface area contributed by atoms with Gasteiger partial charge in [-0.15, -0.1) is 0 Å². The van der Waals surface area contributed by atoms with Crippen LogP contribution in [-0.2, 0) is 19.6 Å². The van der Waals surface area contributed by atoms with E-state index in [1.807, 2.05) is 6.92 Å². The first-order valence-electron chi connectivity index (χ1n) is 4.83. The fraction of sp³-hybridized carbons (Fsp3) is 1.00. The summed E-state index contributed by atoms with van der Waals surface area (Å²) in [6, 6.07) is 0. The summed E-state index contributed by atoms with van der Waals surface area (Å²) in [6.07, 6.45) is 2.22. The molecule has 4 nitrogen and oxygen atoms in total. The van der Waals surface area contributed by atoms with Gasteiger partial charge in [0, 0.05) is 12.8 Å². The van der Waals surface area contributed by atoms with Crippen molar-refractivity contribution >= 4 is 0 Å². The minimum atomic E-state index is -0.649. The van der Waals surface area contributed by atoms with Crippen LogP contribution in [0.4, 0.5) is 0 Å². The lowest BCUT2D eigenvalue weighted by Crippen LogP contribution is -2.32. The molecule has 76 valence electrons. The maximum absolute atomic E-state index is 5.20. The number of fused-ring (bicyclic) bond motifs is 2. The van der Waals surface area contributed by atoms with Crippen LogP contribution >= 0.6 is 0 Å². The predicted molar refractivity (Wildman–Crippen MR) is 44.2 cm³/mol. The molecule has 2 fully saturated rings. The normalized spacial score (nSPS) is 43.4. The Morgan fingerprint density at radius 2 is 1.62 bits per heavy atom.